The van der Waals surface area contributed by atoms with Gasteiger partial charge in [0.05, 0.1) is 11.3 Å². The minimum atomic E-state index is -0.390. The van der Waals surface area contributed by atoms with Crippen LogP contribution < -0.4 is 10.2 Å². The molecule has 1 aliphatic heterocycles. The summed E-state index contributed by atoms with van der Waals surface area (Å²) in [6.07, 6.45) is 0. The van der Waals surface area contributed by atoms with E-state index >= 15 is 0 Å². The van der Waals surface area contributed by atoms with Crippen LogP contribution in [0.3, 0.4) is 0 Å². The molecule has 4 aromatic carbocycles. The standard InChI is InChI=1S/C29H23ClN2O2/c1-18(2)19-12-16-23(17-13-19)31-27-26(21-10-14-22(30)15-11-21)28(33)32(29(27)34)25-9-5-7-20-6-3-4-8-24(20)25/h3-18,31H,1-2H3. The van der Waals surface area contributed by atoms with Crippen molar-refractivity contribution in [3.8, 4) is 0 Å². The summed E-state index contributed by atoms with van der Waals surface area (Å²) in [5.41, 5.74) is 3.70. The number of anilines is 2. The zero-order valence-corrected chi connectivity index (χ0v) is 19.6. The zero-order chi connectivity index (χ0) is 23.8. The van der Waals surface area contributed by atoms with E-state index in [9.17, 15) is 9.59 Å². The van der Waals surface area contributed by atoms with E-state index in [0.717, 1.165) is 16.5 Å². The molecule has 0 saturated carbocycles. The Balaban J connectivity index is 1.62. The lowest BCUT2D eigenvalue weighted by molar-refractivity contribution is -0.120. The number of carbonyl (C=O) groups excluding carboxylic acids is 2. The summed E-state index contributed by atoms with van der Waals surface area (Å²) < 4.78 is 0. The molecule has 5 heteroatoms. The van der Waals surface area contributed by atoms with E-state index < -0.39 is 0 Å². The molecule has 4 nitrogen and oxygen atoms in total. The van der Waals surface area contributed by atoms with Crippen LogP contribution in [0.15, 0.2) is 96.7 Å². The van der Waals surface area contributed by atoms with Gasteiger partial charge in [-0.2, -0.15) is 0 Å². The molecule has 0 unspecified atom stereocenters. The highest BCUT2D eigenvalue weighted by molar-refractivity contribution is 6.47. The Morgan fingerprint density at radius 3 is 2.15 bits per heavy atom. The molecule has 168 valence electrons. The van der Waals surface area contributed by atoms with Crippen LogP contribution in [-0.4, -0.2) is 11.8 Å². The van der Waals surface area contributed by atoms with Crippen LogP contribution in [0.2, 0.25) is 5.02 Å². The molecule has 0 bridgehead atoms. The van der Waals surface area contributed by atoms with E-state index in [0.29, 0.717) is 27.8 Å². The first-order valence-electron chi connectivity index (χ1n) is 11.2. The van der Waals surface area contributed by atoms with Gasteiger partial charge < -0.3 is 5.32 Å². The van der Waals surface area contributed by atoms with Gasteiger partial charge in [0.2, 0.25) is 0 Å². The smallest absolute Gasteiger partial charge is 0.282 e. The Bertz CT molecular complexity index is 1430. The van der Waals surface area contributed by atoms with Crippen LogP contribution in [0.5, 0.6) is 0 Å². The molecule has 0 saturated heterocycles. The third kappa shape index (κ3) is 3.87. The van der Waals surface area contributed by atoms with Crippen molar-refractivity contribution in [1.82, 2.24) is 0 Å². The average Bonchev–Trinajstić information content (AvgIpc) is 3.08. The number of benzene rings is 4. The van der Waals surface area contributed by atoms with E-state index in [1.54, 1.807) is 30.3 Å². The number of nitrogens with zero attached hydrogens (tertiary/aromatic N) is 1. The van der Waals surface area contributed by atoms with Crippen molar-refractivity contribution in [3.05, 3.63) is 113 Å². The molecule has 0 aromatic heterocycles. The van der Waals surface area contributed by atoms with Gasteiger partial charge in [-0.3, -0.25) is 9.59 Å². The third-order valence-corrected chi connectivity index (χ3v) is 6.32. The number of halogens is 1. The van der Waals surface area contributed by atoms with Crippen molar-refractivity contribution in [2.75, 3.05) is 10.2 Å². The van der Waals surface area contributed by atoms with Gasteiger partial charge in [-0.15, -0.1) is 0 Å². The number of fused-ring (bicyclic) bond motifs is 1. The first-order chi connectivity index (χ1) is 16.4. The highest BCUT2D eigenvalue weighted by Crippen LogP contribution is 2.37. The minimum Gasteiger partial charge on any atom is -0.350 e. The molecule has 2 amide bonds. The number of imide groups is 1. The van der Waals surface area contributed by atoms with Crippen molar-refractivity contribution in [2.45, 2.75) is 19.8 Å². The molecule has 0 atom stereocenters. The molecule has 34 heavy (non-hydrogen) atoms. The Labute approximate surface area is 203 Å². The summed E-state index contributed by atoms with van der Waals surface area (Å²) in [6.45, 7) is 4.26. The number of carbonyl (C=O) groups is 2. The normalized spacial score (nSPS) is 13.9. The predicted octanol–water partition coefficient (Wildman–Crippen LogP) is 7.01. The molecule has 0 aliphatic carbocycles. The molecule has 5 rings (SSSR count). The summed E-state index contributed by atoms with van der Waals surface area (Å²) >= 11 is 6.09. The average molecular weight is 467 g/mol. The van der Waals surface area contributed by atoms with Crippen molar-refractivity contribution >= 4 is 51.1 Å². The molecule has 0 spiro atoms. The van der Waals surface area contributed by atoms with Gasteiger partial charge in [-0.1, -0.05) is 86.1 Å². The fraction of sp³-hybridized carbons (Fsp3) is 0.103. The Kier molecular flexibility index (Phi) is 5.68. The SMILES string of the molecule is CC(C)c1ccc(NC2=C(c3ccc(Cl)cc3)C(=O)N(c3cccc4ccccc34)C2=O)cc1. The summed E-state index contributed by atoms with van der Waals surface area (Å²) in [4.78, 5) is 28.8. The van der Waals surface area contributed by atoms with Crippen molar-refractivity contribution in [2.24, 2.45) is 0 Å². The van der Waals surface area contributed by atoms with E-state index in [2.05, 4.69) is 19.2 Å². The maximum absolute atomic E-state index is 13.8. The first-order valence-corrected chi connectivity index (χ1v) is 11.6. The van der Waals surface area contributed by atoms with Gasteiger partial charge in [0.15, 0.2) is 0 Å². The minimum absolute atomic E-state index is 0.248. The number of hydrogen-bond donors (Lipinski definition) is 1. The van der Waals surface area contributed by atoms with Crippen LogP contribution in [0.1, 0.15) is 30.9 Å². The second-order valence-corrected chi connectivity index (χ2v) is 9.04. The highest BCUT2D eigenvalue weighted by atomic mass is 35.5. The maximum Gasteiger partial charge on any atom is 0.282 e. The van der Waals surface area contributed by atoms with Gasteiger partial charge in [-0.25, -0.2) is 4.90 Å². The van der Waals surface area contributed by atoms with E-state index in [4.69, 9.17) is 11.6 Å². The molecule has 1 heterocycles. The van der Waals surface area contributed by atoms with Gasteiger partial charge in [-0.05, 0) is 52.8 Å². The lowest BCUT2D eigenvalue weighted by Gasteiger charge is -2.18. The van der Waals surface area contributed by atoms with Crippen LogP contribution in [0.25, 0.3) is 16.3 Å². The highest BCUT2D eigenvalue weighted by Gasteiger charge is 2.40. The van der Waals surface area contributed by atoms with Crippen molar-refractivity contribution in [3.63, 3.8) is 0 Å². The van der Waals surface area contributed by atoms with Crippen LogP contribution in [-0.2, 0) is 9.59 Å². The summed E-state index contributed by atoms with van der Waals surface area (Å²) in [6, 6.07) is 28.2. The quantitative estimate of drug-likeness (QED) is 0.322. The number of hydrogen-bond acceptors (Lipinski definition) is 3. The first kappa shape index (κ1) is 21.9. The Morgan fingerprint density at radius 1 is 0.765 bits per heavy atom. The fourth-order valence-corrected chi connectivity index (χ4v) is 4.37. The number of nitrogens with one attached hydrogen (secondary N) is 1. The lowest BCUT2D eigenvalue weighted by atomic mass is 10.0. The monoisotopic (exact) mass is 466 g/mol. The lowest BCUT2D eigenvalue weighted by Crippen LogP contribution is -2.32. The Morgan fingerprint density at radius 2 is 1.44 bits per heavy atom. The molecule has 4 aromatic rings. The van der Waals surface area contributed by atoms with Crippen molar-refractivity contribution < 1.29 is 9.59 Å². The molecular weight excluding hydrogens is 444 g/mol. The molecule has 1 aliphatic rings. The number of rotatable bonds is 5. The topological polar surface area (TPSA) is 49.4 Å². The van der Waals surface area contributed by atoms with Crippen LogP contribution in [0.4, 0.5) is 11.4 Å². The molecule has 0 radical (unpaired) electrons. The van der Waals surface area contributed by atoms with Gasteiger partial charge in [0, 0.05) is 16.1 Å². The van der Waals surface area contributed by atoms with Crippen molar-refractivity contribution in [1.29, 1.82) is 0 Å². The fourth-order valence-electron chi connectivity index (χ4n) is 4.25. The molecular formula is C29H23ClN2O2. The second-order valence-electron chi connectivity index (χ2n) is 8.60. The van der Waals surface area contributed by atoms with E-state index in [1.165, 1.54) is 10.5 Å². The largest absolute Gasteiger partial charge is 0.350 e. The summed E-state index contributed by atoms with van der Waals surface area (Å²) in [5, 5.41) is 5.59. The summed E-state index contributed by atoms with van der Waals surface area (Å²) in [7, 11) is 0. The third-order valence-electron chi connectivity index (χ3n) is 6.07. The van der Waals surface area contributed by atoms with E-state index in [1.807, 2.05) is 60.7 Å². The zero-order valence-electron chi connectivity index (χ0n) is 18.9. The molecule has 1 N–H and O–H groups in total. The van der Waals surface area contributed by atoms with Crippen LogP contribution >= 0.6 is 11.6 Å². The van der Waals surface area contributed by atoms with E-state index in [-0.39, 0.29) is 17.5 Å². The van der Waals surface area contributed by atoms with Gasteiger partial charge >= 0.3 is 0 Å². The molecule has 0 fully saturated rings. The van der Waals surface area contributed by atoms with Crippen LogP contribution in [0, 0.1) is 0 Å². The second kappa shape index (κ2) is 8.81. The maximum atomic E-state index is 13.8. The van der Waals surface area contributed by atoms with Gasteiger partial charge in [0.25, 0.3) is 11.8 Å². The summed E-state index contributed by atoms with van der Waals surface area (Å²) in [5.74, 6) is -0.362. The Hall–Kier alpha value is -3.89. The number of amides is 2. The van der Waals surface area contributed by atoms with Gasteiger partial charge in [0.1, 0.15) is 5.70 Å². The predicted molar refractivity (Wildman–Crippen MR) is 139 cm³/mol.